The number of rotatable bonds is 4. The molecule has 0 bridgehead atoms. The van der Waals surface area contributed by atoms with Gasteiger partial charge >= 0.3 is 0 Å². The fourth-order valence-corrected chi connectivity index (χ4v) is 3.60. The number of allylic oxidation sites excluding steroid dienone is 1. The zero-order valence-electron chi connectivity index (χ0n) is 14.9. The Morgan fingerprint density at radius 1 is 0.929 bits per heavy atom. The zero-order chi connectivity index (χ0) is 19.5. The second-order valence-electron chi connectivity index (χ2n) is 6.51. The molecule has 0 unspecified atom stereocenters. The maximum atomic E-state index is 9.71. The second kappa shape index (κ2) is 7.94. The first-order chi connectivity index (χ1) is 13.7. The summed E-state index contributed by atoms with van der Waals surface area (Å²) in [7, 11) is 0. The van der Waals surface area contributed by atoms with Crippen molar-refractivity contribution in [1.82, 2.24) is 4.57 Å². The molecular weight excluding hydrogens is 387 g/mol. The van der Waals surface area contributed by atoms with Crippen LogP contribution < -0.4 is 0 Å². The van der Waals surface area contributed by atoms with Crippen LogP contribution in [0.1, 0.15) is 16.7 Å². The van der Waals surface area contributed by atoms with Crippen molar-refractivity contribution in [3.8, 4) is 6.07 Å². The van der Waals surface area contributed by atoms with Crippen LogP contribution in [-0.2, 0) is 6.54 Å². The molecule has 0 aliphatic carbocycles. The van der Waals surface area contributed by atoms with E-state index in [2.05, 4.69) is 41.1 Å². The van der Waals surface area contributed by atoms with Crippen LogP contribution in [0.2, 0.25) is 10.0 Å². The summed E-state index contributed by atoms with van der Waals surface area (Å²) in [5.74, 6) is 0. The predicted molar refractivity (Wildman–Crippen MR) is 117 cm³/mol. The van der Waals surface area contributed by atoms with E-state index in [0.29, 0.717) is 15.6 Å². The van der Waals surface area contributed by atoms with E-state index in [0.717, 1.165) is 28.6 Å². The summed E-state index contributed by atoms with van der Waals surface area (Å²) in [4.78, 5) is 0. The molecule has 0 fully saturated rings. The number of aromatic nitrogens is 1. The summed E-state index contributed by atoms with van der Waals surface area (Å²) in [6.45, 7) is 0.768. The molecule has 0 saturated heterocycles. The highest BCUT2D eigenvalue weighted by molar-refractivity contribution is 6.42. The Hall–Kier alpha value is -2.99. The van der Waals surface area contributed by atoms with Gasteiger partial charge in [-0.1, -0.05) is 77.8 Å². The molecule has 1 aromatic heterocycles. The summed E-state index contributed by atoms with van der Waals surface area (Å²) < 4.78 is 2.21. The third-order valence-corrected chi connectivity index (χ3v) is 5.41. The molecule has 4 heteroatoms. The average Bonchev–Trinajstić information content (AvgIpc) is 3.06. The lowest BCUT2D eigenvalue weighted by atomic mass is 10.0. The summed E-state index contributed by atoms with van der Waals surface area (Å²) in [5.41, 5.74) is 4.64. The summed E-state index contributed by atoms with van der Waals surface area (Å²) in [5, 5.41) is 11.7. The highest BCUT2D eigenvalue weighted by Crippen LogP contribution is 2.29. The Balaban J connectivity index is 1.81. The van der Waals surface area contributed by atoms with Crippen molar-refractivity contribution in [1.29, 1.82) is 5.26 Å². The largest absolute Gasteiger partial charge is 0.342 e. The molecule has 0 saturated carbocycles. The van der Waals surface area contributed by atoms with E-state index in [1.807, 2.05) is 42.5 Å². The van der Waals surface area contributed by atoms with Gasteiger partial charge in [-0.2, -0.15) is 5.26 Å². The average molecular weight is 403 g/mol. The topological polar surface area (TPSA) is 28.7 Å². The molecule has 4 aromatic rings. The van der Waals surface area contributed by atoms with Crippen molar-refractivity contribution in [3.05, 3.63) is 106 Å². The second-order valence-corrected chi connectivity index (χ2v) is 7.33. The van der Waals surface area contributed by atoms with Gasteiger partial charge in [0.1, 0.15) is 0 Å². The van der Waals surface area contributed by atoms with Crippen molar-refractivity contribution in [2.24, 2.45) is 0 Å². The van der Waals surface area contributed by atoms with Gasteiger partial charge < -0.3 is 4.57 Å². The fraction of sp³-hybridized carbons (Fsp3) is 0.0417. The van der Waals surface area contributed by atoms with Gasteiger partial charge in [-0.15, -0.1) is 0 Å². The molecule has 1 heterocycles. The van der Waals surface area contributed by atoms with Gasteiger partial charge in [0.2, 0.25) is 0 Å². The summed E-state index contributed by atoms with van der Waals surface area (Å²) >= 11 is 12.1. The van der Waals surface area contributed by atoms with Crippen molar-refractivity contribution in [2.45, 2.75) is 6.54 Å². The lowest BCUT2D eigenvalue weighted by Crippen LogP contribution is -1.97. The van der Waals surface area contributed by atoms with E-state index in [9.17, 15) is 5.26 Å². The van der Waals surface area contributed by atoms with Crippen LogP contribution in [0.3, 0.4) is 0 Å². The lowest BCUT2D eigenvalue weighted by Gasteiger charge is -2.05. The maximum absolute atomic E-state index is 9.71. The molecule has 0 atom stereocenters. The fourth-order valence-electron chi connectivity index (χ4n) is 3.30. The van der Waals surface area contributed by atoms with Crippen molar-refractivity contribution in [2.75, 3.05) is 0 Å². The minimum atomic E-state index is 0.437. The maximum Gasteiger partial charge on any atom is 0.0998 e. The first-order valence-electron chi connectivity index (χ1n) is 8.85. The van der Waals surface area contributed by atoms with Crippen LogP contribution in [0.25, 0.3) is 22.6 Å². The van der Waals surface area contributed by atoms with Gasteiger partial charge in [-0.05, 0) is 35.4 Å². The number of benzene rings is 3. The number of nitrogens with zero attached hydrogens (tertiary/aromatic N) is 2. The van der Waals surface area contributed by atoms with Gasteiger partial charge in [-0.25, -0.2) is 0 Å². The smallest absolute Gasteiger partial charge is 0.0998 e. The van der Waals surface area contributed by atoms with E-state index in [1.165, 1.54) is 5.56 Å². The van der Waals surface area contributed by atoms with Crippen LogP contribution in [0.15, 0.2) is 79.0 Å². The van der Waals surface area contributed by atoms with E-state index in [-0.39, 0.29) is 0 Å². The van der Waals surface area contributed by atoms with Gasteiger partial charge in [0, 0.05) is 29.2 Å². The molecule has 28 heavy (non-hydrogen) atoms. The summed E-state index contributed by atoms with van der Waals surface area (Å²) in [6.07, 6.45) is 4.00. The minimum Gasteiger partial charge on any atom is -0.342 e. The van der Waals surface area contributed by atoms with Crippen molar-refractivity contribution in [3.63, 3.8) is 0 Å². The molecule has 0 spiro atoms. The number of hydrogen-bond donors (Lipinski definition) is 0. The number of hydrogen-bond acceptors (Lipinski definition) is 1. The molecule has 0 aliphatic heterocycles. The van der Waals surface area contributed by atoms with Crippen LogP contribution in [0.4, 0.5) is 0 Å². The third-order valence-electron chi connectivity index (χ3n) is 4.67. The highest BCUT2D eigenvalue weighted by atomic mass is 35.5. The Morgan fingerprint density at radius 3 is 2.43 bits per heavy atom. The van der Waals surface area contributed by atoms with Crippen LogP contribution in [0.5, 0.6) is 0 Å². The molecule has 0 radical (unpaired) electrons. The van der Waals surface area contributed by atoms with Gasteiger partial charge in [0.05, 0.1) is 21.7 Å². The number of para-hydroxylation sites is 1. The summed E-state index contributed by atoms with van der Waals surface area (Å²) in [6, 6.07) is 26.1. The van der Waals surface area contributed by atoms with Crippen LogP contribution in [-0.4, -0.2) is 4.57 Å². The molecule has 0 amide bonds. The molecule has 3 aromatic carbocycles. The minimum absolute atomic E-state index is 0.437. The van der Waals surface area contributed by atoms with Gasteiger partial charge in [0.25, 0.3) is 0 Å². The molecular formula is C24H16Cl2N2. The first-order valence-corrected chi connectivity index (χ1v) is 9.60. The van der Waals surface area contributed by atoms with E-state index < -0.39 is 0 Å². The standard InChI is InChI=1S/C24H16Cl2N2/c25-22-11-10-18(13-23(22)26)19(14-27)12-20-16-28(15-17-6-2-1-3-7-17)24-9-5-4-8-21(20)24/h1-13,16H,15H2/b19-12+. The van der Waals surface area contributed by atoms with Gasteiger partial charge in [0.15, 0.2) is 0 Å². The monoisotopic (exact) mass is 402 g/mol. The number of nitriles is 1. The number of halogens is 2. The first kappa shape index (κ1) is 18.4. The molecule has 0 N–H and O–H groups in total. The Bertz CT molecular complexity index is 1210. The molecule has 4 rings (SSSR count). The zero-order valence-corrected chi connectivity index (χ0v) is 16.5. The van der Waals surface area contributed by atoms with E-state index in [4.69, 9.17) is 23.2 Å². The Morgan fingerprint density at radius 2 is 1.68 bits per heavy atom. The third kappa shape index (κ3) is 3.68. The molecule has 136 valence electrons. The highest BCUT2D eigenvalue weighted by Gasteiger charge is 2.10. The lowest BCUT2D eigenvalue weighted by molar-refractivity contribution is 0.836. The van der Waals surface area contributed by atoms with E-state index >= 15 is 0 Å². The normalized spacial score (nSPS) is 11.5. The quantitative estimate of drug-likeness (QED) is 0.335. The predicted octanol–water partition coefficient (Wildman–Crippen LogP) is 7.06. The Labute approximate surface area is 173 Å². The van der Waals surface area contributed by atoms with Crippen molar-refractivity contribution >= 4 is 45.8 Å². The van der Waals surface area contributed by atoms with Gasteiger partial charge in [-0.3, -0.25) is 0 Å². The van der Waals surface area contributed by atoms with Crippen molar-refractivity contribution < 1.29 is 0 Å². The molecule has 0 aliphatic rings. The SMILES string of the molecule is N#C/C(=C\c1cn(Cc2ccccc2)c2ccccc12)c1ccc(Cl)c(Cl)c1. The van der Waals surface area contributed by atoms with E-state index in [1.54, 1.807) is 12.1 Å². The molecule has 2 nitrogen and oxygen atoms in total. The van der Waals surface area contributed by atoms with Crippen LogP contribution >= 0.6 is 23.2 Å². The number of fused-ring (bicyclic) bond motifs is 1. The van der Waals surface area contributed by atoms with Crippen LogP contribution in [0, 0.1) is 11.3 Å². The Kier molecular flexibility index (Phi) is 5.21.